The molecule has 4 nitrogen and oxygen atoms in total. The molecular weight excluding hydrogens is 353 g/mol. The van der Waals surface area contributed by atoms with E-state index in [9.17, 15) is 14.0 Å². The van der Waals surface area contributed by atoms with Gasteiger partial charge in [0.05, 0.1) is 4.47 Å². The standard InChI is InChI=1S/C16H21BrFNO3/c1-10-8-11(9-12(18)14(10)17)13(20)6-5-7-19-15(21)22-16(2,3)4/h8-9H,5-7H2,1-4H3,(H,19,21). The van der Waals surface area contributed by atoms with Crippen LogP contribution in [0, 0.1) is 12.7 Å². The van der Waals surface area contributed by atoms with Crippen LogP contribution < -0.4 is 5.32 Å². The number of Topliss-reactive ketones (excluding diaryl/α,β-unsaturated/α-hetero) is 1. The zero-order valence-electron chi connectivity index (χ0n) is 13.3. The van der Waals surface area contributed by atoms with Gasteiger partial charge in [-0.25, -0.2) is 9.18 Å². The lowest BCUT2D eigenvalue weighted by Gasteiger charge is -2.19. The number of carbonyl (C=O) groups excluding carboxylic acids is 2. The third-order valence-electron chi connectivity index (χ3n) is 2.78. The van der Waals surface area contributed by atoms with Crippen LogP contribution in [0.15, 0.2) is 16.6 Å². The number of rotatable bonds is 5. The summed E-state index contributed by atoms with van der Waals surface area (Å²) in [6.45, 7) is 7.40. The van der Waals surface area contributed by atoms with Crippen LogP contribution in [0.1, 0.15) is 49.5 Å². The van der Waals surface area contributed by atoms with E-state index in [0.29, 0.717) is 28.6 Å². The summed E-state index contributed by atoms with van der Waals surface area (Å²) in [5, 5.41) is 2.58. The first-order chi connectivity index (χ1) is 10.1. The SMILES string of the molecule is Cc1cc(C(=O)CCCNC(=O)OC(C)(C)C)cc(F)c1Br. The van der Waals surface area contributed by atoms with Crippen molar-refractivity contribution < 1.29 is 18.7 Å². The Labute approximate surface area is 138 Å². The minimum absolute atomic E-state index is 0.152. The molecule has 0 unspecified atom stereocenters. The van der Waals surface area contributed by atoms with Crippen molar-refractivity contribution in [3.05, 3.63) is 33.5 Å². The van der Waals surface area contributed by atoms with Gasteiger partial charge in [0.15, 0.2) is 5.78 Å². The van der Waals surface area contributed by atoms with E-state index in [0.717, 1.165) is 0 Å². The van der Waals surface area contributed by atoms with Crippen molar-refractivity contribution in [1.82, 2.24) is 5.32 Å². The highest BCUT2D eigenvalue weighted by molar-refractivity contribution is 9.10. The summed E-state index contributed by atoms with van der Waals surface area (Å²) in [7, 11) is 0. The number of alkyl carbamates (subject to hydrolysis) is 1. The summed E-state index contributed by atoms with van der Waals surface area (Å²) in [5.74, 6) is -0.601. The van der Waals surface area contributed by atoms with Gasteiger partial charge in [-0.05, 0) is 67.7 Å². The smallest absolute Gasteiger partial charge is 0.407 e. The summed E-state index contributed by atoms with van der Waals surface area (Å²) in [6.07, 6.45) is 0.191. The maximum atomic E-state index is 13.6. The molecule has 0 atom stereocenters. The molecule has 122 valence electrons. The monoisotopic (exact) mass is 373 g/mol. The quantitative estimate of drug-likeness (QED) is 0.615. The van der Waals surface area contributed by atoms with Gasteiger partial charge in [-0.15, -0.1) is 0 Å². The fraction of sp³-hybridized carbons (Fsp3) is 0.500. The average molecular weight is 374 g/mol. The largest absolute Gasteiger partial charge is 0.444 e. The Morgan fingerprint density at radius 1 is 1.32 bits per heavy atom. The zero-order valence-corrected chi connectivity index (χ0v) is 14.8. The molecule has 0 spiro atoms. The van der Waals surface area contributed by atoms with Crippen LogP contribution >= 0.6 is 15.9 Å². The molecule has 0 radical (unpaired) electrons. The number of aryl methyl sites for hydroxylation is 1. The van der Waals surface area contributed by atoms with E-state index < -0.39 is 17.5 Å². The molecule has 0 fully saturated rings. The summed E-state index contributed by atoms with van der Waals surface area (Å²) < 4.78 is 19.0. The highest BCUT2D eigenvalue weighted by Crippen LogP contribution is 2.22. The van der Waals surface area contributed by atoms with Crippen LogP contribution in [0.25, 0.3) is 0 Å². The number of carbonyl (C=O) groups is 2. The van der Waals surface area contributed by atoms with E-state index in [2.05, 4.69) is 21.2 Å². The van der Waals surface area contributed by atoms with Gasteiger partial charge in [0.1, 0.15) is 11.4 Å². The second-order valence-corrected chi connectivity index (χ2v) is 6.84. The summed E-state index contributed by atoms with van der Waals surface area (Å²) >= 11 is 3.12. The molecule has 1 rings (SSSR count). The Bertz CT molecular complexity index is 544. The van der Waals surface area contributed by atoms with E-state index in [1.54, 1.807) is 33.8 Å². The summed E-state index contributed by atoms with van der Waals surface area (Å²) in [4.78, 5) is 23.4. The number of hydrogen-bond acceptors (Lipinski definition) is 3. The van der Waals surface area contributed by atoms with Gasteiger partial charge >= 0.3 is 6.09 Å². The summed E-state index contributed by atoms with van der Waals surface area (Å²) in [6, 6.07) is 2.87. The van der Waals surface area contributed by atoms with Crippen LogP contribution in [-0.2, 0) is 4.74 Å². The molecule has 6 heteroatoms. The topological polar surface area (TPSA) is 55.4 Å². The van der Waals surface area contributed by atoms with Crippen molar-refractivity contribution in [2.24, 2.45) is 0 Å². The first kappa shape index (κ1) is 18.6. The zero-order chi connectivity index (χ0) is 16.9. The minimum atomic E-state index is -0.549. The van der Waals surface area contributed by atoms with Crippen LogP contribution in [0.3, 0.4) is 0 Å². The molecule has 0 aliphatic heterocycles. The third kappa shape index (κ3) is 6.13. The van der Waals surface area contributed by atoms with E-state index >= 15 is 0 Å². The number of ketones is 1. The molecule has 0 aromatic heterocycles. The van der Waals surface area contributed by atoms with Crippen molar-refractivity contribution in [2.75, 3.05) is 6.54 Å². The second-order valence-electron chi connectivity index (χ2n) is 6.04. The maximum Gasteiger partial charge on any atom is 0.407 e. The van der Waals surface area contributed by atoms with Gasteiger partial charge in [-0.2, -0.15) is 0 Å². The molecule has 0 heterocycles. The van der Waals surface area contributed by atoms with Gasteiger partial charge in [0.25, 0.3) is 0 Å². The van der Waals surface area contributed by atoms with Crippen LogP contribution in [0.5, 0.6) is 0 Å². The van der Waals surface area contributed by atoms with Gasteiger partial charge < -0.3 is 10.1 Å². The Balaban J connectivity index is 2.43. The number of amides is 1. The Kier molecular flexibility index (Phi) is 6.53. The maximum absolute atomic E-state index is 13.6. The van der Waals surface area contributed by atoms with Crippen molar-refractivity contribution in [1.29, 1.82) is 0 Å². The fourth-order valence-corrected chi connectivity index (χ4v) is 2.01. The number of benzene rings is 1. The van der Waals surface area contributed by atoms with Gasteiger partial charge in [-0.3, -0.25) is 4.79 Å². The van der Waals surface area contributed by atoms with E-state index in [-0.39, 0.29) is 12.2 Å². The van der Waals surface area contributed by atoms with E-state index in [1.165, 1.54) is 6.07 Å². The molecule has 1 aromatic rings. The molecular formula is C16H21BrFNO3. The van der Waals surface area contributed by atoms with Crippen LogP contribution in [0.4, 0.5) is 9.18 Å². The lowest BCUT2D eigenvalue weighted by molar-refractivity contribution is 0.0525. The van der Waals surface area contributed by atoms with Crippen LogP contribution in [0.2, 0.25) is 0 Å². The van der Waals surface area contributed by atoms with E-state index in [4.69, 9.17) is 4.74 Å². The predicted molar refractivity (Wildman–Crippen MR) is 86.6 cm³/mol. The van der Waals surface area contributed by atoms with Crippen molar-refractivity contribution >= 4 is 27.8 Å². The summed E-state index contributed by atoms with van der Waals surface area (Å²) in [5.41, 5.74) is 0.470. The second kappa shape index (κ2) is 7.72. The molecule has 1 aromatic carbocycles. The van der Waals surface area contributed by atoms with Gasteiger partial charge in [0, 0.05) is 18.5 Å². The Morgan fingerprint density at radius 2 is 1.95 bits per heavy atom. The molecule has 0 bridgehead atoms. The average Bonchev–Trinajstić information content (AvgIpc) is 2.38. The fourth-order valence-electron chi connectivity index (χ4n) is 1.79. The molecule has 22 heavy (non-hydrogen) atoms. The normalized spacial score (nSPS) is 11.2. The highest BCUT2D eigenvalue weighted by Gasteiger charge is 2.16. The number of nitrogens with one attached hydrogen (secondary N) is 1. The minimum Gasteiger partial charge on any atom is -0.444 e. The van der Waals surface area contributed by atoms with Crippen LogP contribution in [-0.4, -0.2) is 24.0 Å². The molecule has 1 N–H and O–H groups in total. The van der Waals surface area contributed by atoms with Gasteiger partial charge in [0.2, 0.25) is 0 Å². The lowest BCUT2D eigenvalue weighted by Crippen LogP contribution is -2.33. The molecule has 0 aliphatic rings. The van der Waals surface area contributed by atoms with Crippen molar-refractivity contribution in [2.45, 2.75) is 46.1 Å². The van der Waals surface area contributed by atoms with Gasteiger partial charge in [-0.1, -0.05) is 0 Å². The van der Waals surface area contributed by atoms with Crippen molar-refractivity contribution in [3.63, 3.8) is 0 Å². The third-order valence-corrected chi connectivity index (χ3v) is 3.79. The Morgan fingerprint density at radius 3 is 2.50 bits per heavy atom. The number of ether oxygens (including phenoxy) is 1. The molecule has 0 aliphatic carbocycles. The number of halogens is 2. The predicted octanol–water partition coefficient (Wildman–Crippen LogP) is 4.38. The lowest BCUT2D eigenvalue weighted by atomic mass is 10.0. The first-order valence-electron chi connectivity index (χ1n) is 7.06. The number of hydrogen-bond donors (Lipinski definition) is 1. The molecule has 0 saturated carbocycles. The first-order valence-corrected chi connectivity index (χ1v) is 7.85. The molecule has 0 saturated heterocycles. The Hall–Kier alpha value is -1.43. The highest BCUT2D eigenvalue weighted by atomic mass is 79.9. The van der Waals surface area contributed by atoms with E-state index in [1.807, 2.05) is 0 Å². The molecule has 1 amide bonds. The van der Waals surface area contributed by atoms with Crippen molar-refractivity contribution in [3.8, 4) is 0 Å².